The maximum Gasteiger partial charge on any atom is 0.323 e. The number of aromatic nitrogens is 2. The van der Waals surface area contributed by atoms with E-state index in [9.17, 15) is 9.18 Å². The lowest BCUT2D eigenvalue weighted by Crippen LogP contribution is -2.34. The predicted octanol–water partition coefficient (Wildman–Crippen LogP) is 3.69. The Hall–Kier alpha value is -2.84. The van der Waals surface area contributed by atoms with Crippen LogP contribution >= 0.6 is 0 Å². The van der Waals surface area contributed by atoms with Gasteiger partial charge < -0.3 is 9.97 Å². The van der Waals surface area contributed by atoms with Crippen LogP contribution in [0.4, 0.5) is 4.39 Å². The quantitative estimate of drug-likeness (QED) is 0.682. The molecule has 4 nitrogen and oxygen atoms in total. The number of likely N-dealkylation sites (tertiary alicyclic amines) is 1. The van der Waals surface area contributed by atoms with Gasteiger partial charge in [0.2, 0.25) is 0 Å². The van der Waals surface area contributed by atoms with Crippen molar-refractivity contribution in [2.75, 3.05) is 19.6 Å². The third-order valence-electron chi connectivity index (χ3n) is 5.51. The predicted molar refractivity (Wildman–Crippen MR) is 110 cm³/mol. The first-order valence-corrected chi connectivity index (χ1v) is 9.83. The Labute approximate surface area is 163 Å². The largest absolute Gasteiger partial charge is 0.323 e. The maximum absolute atomic E-state index is 13.0. The number of nitrogens with zero attached hydrogens (tertiary/aromatic N) is 1. The third-order valence-corrected chi connectivity index (χ3v) is 5.51. The zero-order valence-corrected chi connectivity index (χ0v) is 15.8. The highest BCUT2D eigenvalue weighted by molar-refractivity contribution is 5.76. The van der Waals surface area contributed by atoms with E-state index in [4.69, 9.17) is 0 Å². The highest BCUT2D eigenvalue weighted by Gasteiger charge is 2.18. The molecule has 0 aliphatic carbocycles. The van der Waals surface area contributed by atoms with Crippen LogP contribution < -0.4 is 5.69 Å². The van der Waals surface area contributed by atoms with Crippen LogP contribution in [0.3, 0.4) is 0 Å². The summed E-state index contributed by atoms with van der Waals surface area (Å²) < 4.78 is 13.0. The van der Waals surface area contributed by atoms with Gasteiger partial charge in [-0.25, -0.2) is 9.18 Å². The Morgan fingerprint density at radius 1 is 1.04 bits per heavy atom. The zero-order chi connectivity index (χ0) is 19.3. The van der Waals surface area contributed by atoms with Gasteiger partial charge in [0.25, 0.3) is 0 Å². The summed E-state index contributed by atoms with van der Waals surface area (Å²) in [6.45, 7) is 2.92. The number of benzene rings is 2. The highest BCUT2D eigenvalue weighted by atomic mass is 19.1. The molecule has 0 radical (unpaired) electrons. The molecule has 1 aliphatic heterocycles. The molecule has 2 aromatic carbocycles. The van der Waals surface area contributed by atoms with E-state index in [0.717, 1.165) is 48.6 Å². The Bertz CT molecular complexity index is 1050. The first kappa shape index (κ1) is 18.5. The van der Waals surface area contributed by atoms with Crippen LogP contribution in [0.1, 0.15) is 30.4 Å². The summed E-state index contributed by atoms with van der Waals surface area (Å²) in [6, 6.07) is 12.6. The van der Waals surface area contributed by atoms with Gasteiger partial charge in [-0.1, -0.05) is 24.0 Å². The lowest BCUT2D eigenvalue weighted by atomic mass is 9.90. The molecule has 0 saturated carbocycles. The van der Waals surface area contributed by atoms with E-state index >= 15 is 0 Å². The first-order chi connectivity index (χ1) is 13.7. The molecule has 3 aromatic rings. The Morgan fingerprint density at radius 2 is 1.79 bits per heavy atom. The SMILES string of the molecule is O=c1[nH]c2ccc(C#CCN3CCC(CCc4ccc(F)cc4)CC3)cc2[nH]1. The molecule has 1 saturated heterocycles. The number of imidazole rings is 1. The number of rotatable bonds is 4. The molecule has 144 valence electrons. The molecule has 0 spiro atoms. The number of hydrogen-bond acceptors (Lipinski definition) is 2. The lowest BCUT2D eigenvalue weighted by Gasteiger charge is -2.30. The number of aryl methyl sites for hydroxylation is 1. The molecular formula is C23H24FN3O. The molecule has 2 N–H and O–H groups in total. The highest BCUT2D eigenvalue weighted by Crippen LogP contribution is 2.22. The van der Waals surface area contributed by atoms with Crippen molar-refractivity contribution < 1.29 is 4.39 Å². The average Bonchev–Trinajstić information content (AvgIpc) is 3.08. The number of aromatic amines is 2. The normalized spacial score (nSPS) is 15.5. The molecule has 1 aliphatic rings. The van der Waals surface area contributed by atoms with Crippen molar-refractivity contribution in [2.45, 2.75) is 25.7 Å². The van der Waals surface area contributed by atoms with Gasteiger partial charge in [0.05, 0.1) is 17.6 Å². The second-order valence-electron chi connectivity index (χ2n) is 7.53. The van der Waals surface area contributed by atoms with E-state index in [-0.39, 0.29) is 11.5 Å². The summed E-state index contributed by atoms with van der Waals surface area (Å²) in [6.07, 6.45) is 4.58. The van der Waals surface area contributed by atoms with Gasteiger partial charge in [0, 0.05) is 5.56 Å². The summed E-state index contributed by atoms with van der Waals surface area (Å²) in [5, 5.41) is 0. The van der Waals surface area contributed by atoms with Crippen molar-refractivity contribution in [2.24, 2.45) is 5.92 Å². The molecule has 1 fully saturated rings. The Kier molecular flexibility index (Phi) is 5.59. The molecule has 1 aromatic heterocycles. The minimum absolute atomic E-state index is 0.167. The van der Waals surface area contributed by atoms with E-state index in [0.29, 0.717) is 0 Å². The van der Waals surface area contributed by atoms with Crippen molar-refractivity contribution in [3.63, 3.8) is 0 Å². The molecule has 0 unspecified atom stereocenters. The van der Waals surface area contributed by atoms with Gasteiger partial charge in [-0.3, -0.25) is 4.90 Å². The van der Waals surface area contributed by atoms with Gasteiger partial charge in [0.1, 0.15) is 5.82 Å². The first-order valence-electron chi connectivity index (χ1n) is 9.83. The van der Waals surface area contributed by atoms with Crippen molar-refractivity contribution in [3.05, 3.63) is 69.9 Å². The van der Waals surface area contributed by atoms with Crippen molar-refractivity contribution in [3.8, 4) is 11.8 Å². The Balaban J connectivity index is 1.23. The van der Waals surface area contributed by atoms with Crippen LogP contribution in [0.5, 0.6) is 0 Å². The van der Waals surface area contributed by atoms with Crippen LogP contribution in [0, 0.1) is 23.6 Å². The topological polar surface area (TPSA) is 51.9 Å². The van der Waals surface area contributed by atoms with E-state index in [2.05, 4.69) is 26.7 Å². The molecule has 0 amide bonds. The zero-order valence-electron chi connectivity index (χ0n) is 15.8. The van der Waals surface area contributed by atoms with Gasteiger partial charge in [-0.15, -0.1) is 0 Å². The van der Waals surface area contributed by atoms with Crippen LogP contribution in [0.15, 0.2) is 47.3 Å². The molecule has 28 heavy (non-hydrogen) atoms. The van der Waals surface area contributed by atoms with E-state index in [1.54, 1.807) is 12.1 Å². The van der Waals surface area contributed by atoms with E-state index in [1.165, 1.54) is 24.8 Å². The average molecular weight is 377 g/mol. The number of H-pyrrole nitrogens is 2. The molecule has 5 heteroatoms. The van der Waals surface area contributed by atoms with Crippen molar-refractivity contribution in [1.29, 1.82) is 0 Å². The van der Waals surface area contributed by atoms with E-state index in [1.807, 2.05) is 30.3 Å². The monoisotopic (exact) mass is 377 g/mol. The fourth-order valence-electron chi connectivity index (χ4n) is 3.82. The summed E-state index contributed by atoms with van der Waals surface area (Å²) in [4.78, 5) is 19.2. The minimum atomic E-state index is -0.192. The lowest BCUT2D eigenvalue weighted by molar-refractivity contribution is 0.197. The minimum Gasteiger partial charge on any atom is -0.306 e. The summed E-state index contributed by atoms with van der Waals surface area (Å²) >= 11 is 0. The van der Waals surface area contributed by atoms with Gasteiger partial charge in [-0.2, -0.15) is 0 Å². The molecular weight excluding hydrogens is 353 g/mol. The van der Waals surface area contributed by atoms with Crippen LogP contribution in [-0.4, -0.2) is 34.5 Å². The number of nitrogens with one attached hydrogen (secondary N) is 2. The standard InChI is InChI=1S/C23H24FN3O/c24-20-8-5-17(6-9-20)3-4-18-11-14-27(15-12-18)13-1-2-19-7-10-21-22(16-19)26-23(28)25-21/h5-10,16,18H,3-4,11-15H2,(H2,25,26,28). The second kappa shape index (κ2) is 8.45. The molecule has 4 rings (SSSR count). The molecule has 0 atom stereocenters. The third kappa shape index (κ3) is 4.71. The second-order valence-corrected chi connectivity index (χ2v) is 7.53. The number of hydrogen-bond donors (Lipinski definition) is 2. The fraction of sp³-hybridized carbons (Fsp3) is 0.348. The summed E-state index contributed by atoms with van der Waals surface area (Å²) in [5.41, 5.74) is 3.53. The maximum atomic E-state index is 13.0. The van der Waals surface area contributed by atoms with Crippen LogP contribution in [-0.2, 0) is 6.42 Å². The van der Waals surface area contributed by atoms with Gasteiger partial charge in [0.15, 0.2) is 0 Å². The fourth-order valence-corrected chi connectivity index (χ4v) is 3.82. The number of halogens is 1. The Morgan fingerprint density at radius 3 is 2.57 bits per heavy atom. The van der Waals surface area contributed by atoms with E-state index < -0.39 is 0 Å². The van der Waals surface area contributed by atoms with Crippen LogP contribution in [0.2, 0.25) is 0 Å². The van der Waals surface area contributed by atoms with Crippen LogP contribution in [0.25, 0.3) is 11.0 Å². The van der Waals surface area contributed by atoms with Crippen molar-refractivity contribution in [1.82, 2.24) is 14.9 Å². The summed E-state index contributed by atoms with van der Waals surface area (Å²) in [7, 11) is 0. The molecule has 2 heterocycles. The summed E-state index contributed by atoms with van der Waals surface area (Å²) in [5.74, 6) is 7.03. The van der Waals surface area contributed by atoms with Crippen molar-refractivity contribution >= 4 is 11.0 Å². The smallest absolute Gasteiger partial charge is 0.306 e. The van der Waals surface area contributed by atoms with Gasteiger partial charge >= 0.3 is 5.69 Å². The molecule has 0 bridgehead atoms. The number of piperidine rings is 1. The van der Waals surface area contributed by atoms with Gasteiger partial charge in [-0.05, 0) is 80.6 Å². The number of fused-ring (bicyclic) bond motifs is 1.